The van der Waals surface area contributed by atoms with Gasteiger partial charge >= 0.3 is 23.0 Å². The normalized spacial score (nSPS) is 24.7. The number of hydrogen-bond donors (Lipinski definition) is 6. The molecule has 0 saturated carbocycles. The molecule has 6 heterocycles. The van der Waals surface area contributed by atoms with Crippen LogP contribution in [0.3, 0.4) is 0 Å². The maximum atomic E-state index is 14.7. The molecule has 6 N–H and O–H groups in total. The Morgan fingerprint density at radius 2 is 0.441 bits per heavy atom. The van der Waals surface area contributed by atoms with E-state index in [1.54, 1.807) is 14.2 Å². The molecule has 0 amide bonds. The lowest BCUT2D eigenvalue weighted by atomic mass is 9.79. The van der Waals surface area contributed by atoms with Crippen molar-refractivity contribution in [3.63, 3.8) is 0 Å². The van der Waals surface area contributed by atoms with E-state index in [1.807, 2.05) is 105 Å². The summed E-state index contributed by atoms with van der Waals surface area (Å²) in [5, 5.41) is 33.6. The van der Waals surface area contributed by atoms with Crippen LogP contribution in [0.25, 0.3) is 0 Å². The van der Waals surface area contributed by atoms with Gasteiger partial charge in [-0.15, -0.1) is 0 Å². The van der Waals surface area contributed by atoms with Crippen LogP contribution in [0, 0.1) is 0 Å². The van der Waals surface area contributed by atoms with Crippen LogP contribution in [0.4, 0.5) is 0 Å². The molecule has 6 aliphatic rings. The van der Waals surface area contributed by atoms with Gasteiger partial charge in [0.1, 0.15) is 17.2 Å². The number of rotatable bonds is 30. The third-order valence-corrected chi connectivity index (χ3v) is 28.0. The molecular weight excluding hydrogens is 1460 g/mol. The highest BCUT2D eigenvalue weighted by molar-refractivity contribution is 7.55. The molecule has 9 rings (SSSR count). The predicted octanol–water partition coefficient (Wildman–Crippen LogP) is 18.9. The number of piperidine rings is 6. The van der Waals surface area contributed by atoms with Crippen LogP contribution >= 0.6 is 23.0 Å². The summed E-state index contributed by atoms with van der Waals surface area (Å²) in [6.07, 6.45) is 11.2. The van der Waals surface area contributed by atoms with Crippen molar-refractivity contribution in [1.29, 1.82) is 0 Å². The Kier molecular flexibility index (Phi) is 31.8. The van der Waals surface area contributed by atoms with Gasteiger partial charge in [-0.2, -0.15) is 30.4 Å². The van der Waals surface area contributed by atoms with E-state index in [9.17, 15) is 13.7 Å². The number of hydroxylamine groups is 12. The summed E-state index contributed by atoms with van der Waals surface area (Å²) >= 11 is 0. The van der Waals surface area contributed by atoms with Gasteiger partial charge in [0, 0.05) is 103 Å². The lowest BCUT2D eigenvalue weighted by Gasteiger charge is -2.55. The Morgan fingerprint density at radius 3 is 0.595 bits per heavy atom. The topological polar surface area (TPSA) is 226 Å². The van der Waals surface area contributed by atoms with Crippen molar-refractivity contribution in [2.75, 3.05) is 40.6 Å². The minimum absolute atomic E-state index is 0.0199. The van der Waals surface area contributed by atoms with Crippen molar-refractivity contribution in [1.82, 2.24) is 60.9 Å². The first kappa shape index (κ1) is 95.2. The largest absolute Gasteiger partial charge is 0.422 e. The third kappa shape index (κ3) is 25.3. The molecular formula is C84H153N12O12P3. The molecule has 0 aromatic heterocycles. The molecule has 6 saturated heterocycles. The van der Waals surface area contributed by atoms with Crippen molar-refractivity contribution < 1.29 is 56.3 Å². The highest BCUT2D eigenvalue weighted by Gasteiger charge is 2.56. The van der Waals surface area contributed by atoms with Crippen LogP contribution in [0.1, 0.15) is 284 Å². The molecule has 0 spiro atoms. The van der Waals surface area contributed by atoms with Gasteiger partial charge in [-0.05, 0) is 306 Å². The highest BCUT2D eigenvalue weighted by atomic mass is 31.2. The first-order valence-corrected chi connectivity index (χ1v) is 46.1. The van der Waals surface area contributed by atoms with Gasteiger partial charge in [0.25, 0.3) is 0 Å². The van der Waals surface area contributed by atoms with Crippen molar-refractivity contribution in [2.24, 2.45) is 0 Å². The lowest BCUT2D eigenvalue weighted by Crippen LogP contribution is -2.64. The van der Waals surface area contributed by atoms with Crippen LogP contribution in [-0.2, 0) is 42.7 Å². The van der Waals surface area contributed by atoms with Crippen LogP contribution in [0.15, 0.2) is 91.0 Å². The summed E-state index contributed by atoms with van der Waals surface area (Å²) in [5.41, 5.74) is -2.84. The number of nitrogens with zero attached hydrogens (tertiary/aromatic N) is 6. The van der Waals surface area contributed by atoms with E-state index in [0.717, 1.165) is 89.9 Å². The molecule has 6 fully saturated rings. The van der Waals surface area contributed by atoms with Gasteiger partial charge in [0.05, 0.1) is 40.6 Å². The molecule has 0 atom stereocenters. The summed E-state index contributed by atoms with van der Waals surface area (Å²) in [5.74, 6) is 1.75. The summed E-state index contributed by atoms with van der Waals surface area (Å²) in [6.45, 7) is 63.3. The fourth-order valence-corrected chi connectivity index (χ4v) is 26.5. The number of benzene rings is 3. The fourth-order valence-electron chi connectivity index (χ4n) is 20.7. The van der Waals surface area contributed by atoms with Gasteiger partial charge in [0.15, 0.2) is 0 Å². The summed E-state index contributed by atoms with van der Waals surface area (Å²) in [7, 11) is -7.03. The molecule has 0 bridgehead atoms. The molecule has 24 nitrogen and oxygen atoms in total. The smallest absolute Gasteiger partial charge is 0.390 e. The summed E-state index contributed by atoms with van der Waals surface area (Å²) in [6, 6.07) is 28.2. The van der Waals surface area contributed by atoms with Gasteiger partial charge in [-0.1, -0.05) is 68.4 Å². The third-order valence-electron chi connectivity index (χ3n) is 22.3. The zero-order valence-corrected chi connectivity index (χ0v) is 77.0. The van der Waals surface area contributed by atoms with E-state index in [1.165, 1.54) is 0 Å². The van der Waals surface area contributed by atoms with Crippen molar-refractivity contribution in [3.05, 3.63) is 91.0 Å². The molecule has 0 unspecified atom stereocenters. The van der Waals surface area contributed by atoms with Crippen LogP contribution in [0.2, 0.25) is 0 Å². The Morgan fingerprint density at radius 1 is 0.279 bits per heavy atom. The highest BCUT2D eigenvalue weighted by Crippen LogP contribution is 2.53. The average Bonchev–Trinajstić information content (AvgIpc) is 0.772. The standard InChI is InChI=1S/C30H55N4O4P.C28H51N4O4P.C26H47N4O4P/c1-11-18-36-33-27(3,4)20-24(21-28(33,5)6)31-39(35,38-26-16-14-13-15-17-26)32-25-22-29(7,8)34(37-19-12-2)30(9,10)23-25;1-11-34-31-25(3,4)18-22(19-26(31,5)6)29-37(33,36-24-16-14-13-15-17-24)30-23-20-27(7,8)32(35-12-2)28(9,10)21-23;1-23(2)16-20(17-24(3,4)29(23)32-9)27-35(31,34-22-14-12-11-13-15-22)28-21-18-25(5,6)30(33-10)26(7,8)19-21/h13-17,24-25H,11-12,18-23H2,1-10H3,(H2,31,32,35);13-17,22-23H,11-12,18-21H2,1-10H3,(H2,29,30,33);11-15,20-21H,16-19H2,1-10H3,(H2,27,28,31). The molecule has 27 heteroatoms. The second-order valence-corrected chi connectivity index (χ2v) is 45.1. The second-order valence-electron chi connectivity index (χ2n) is 39.7. The zero-order valence-electron chi connectivity index (χ0n) is 74.3. The molecule has 0 radical (unpaired) electrons. The van der Waals surface area contributed by atoms with E-state index >= 15 is 0 Å². The van der Waals surface area contributed by atoms with Crippen LogP contribution < -0.4 is 44.1 Å². The number of para-hydroxylation sites is 3. The van der Waals surface area contributed by atoms with Gasteiger partial charge < -0.3 is 23.2 Å². The Hall–Kier alpha value is -2.97. The first-order chi connectivity index (χ1) is 51.1. The van der Waals surface area contributed by atoms with E-state index in [-0.39, 0.29) is 103 Å². The minimum Gasteiger partial charge on any atom is -0.422 e. The minimum atomic E-state index is -3.50. The van der Waals surface area contributed by atoms with Gasteiger partial charge in [-0.3, -0.25) is 19.4 Å². The molecule has 3 aromatic carbocycles. The van der Waals surface area contributed by atoms with Crippen LogP contribution in [-0.4, -0.2) is 174 Å². The molecule has 111 heavy (non-hydrogen) atoms. The van der Waals surface area contributed by atoms with Crippen molar-refractivity contribution >= 4 is 23.0 Å². The maximum Gasteiger partial charge on any atom is 0.390 e. The quantitative estimate of drug-likeness (QED) is 0.0341. The fraction of sp³-hybridized carbons (Fsp3) is 0.786. The number of hydrogen-bond acceptors (Lipinski definition) is 18. The maximum absolute atomic E-state index is 14.7. The Balaban J connectivity index is 0.000000232. The Labute approximate surface area is 672 Å². The monoisotopic (exact) mass is 1620 g/mol. The average molecular weight is 1620 g/mol. The summed E-state index contributed by atoms with van der Waals surface area (Å²) < 4.78 is 62.7. The Bertz CT molecular complexity index is 3270. The SMILES string of the molecule is CCCON1C(C)(C)CC(NP(=O)(NC2CC(C)(C)N(OCCC)C(C)(C)C2)Oc2ccccc2)CC1(C)C.CCON1C(C)(C)CC(NP(=O)(NC2CC(C)(C)N(OCC)C(C)(C)C2)Oc2ccccc2)CC1(C)C.CON1C(C)(C)CC(NP(=O)(NC2CC(C)(C)N(OC)C(C)(C)C2)Oc2ccccc2)CC1(C)C. The van der Waals surface area contributed by atoms with E-state index < -0.39 is 23.0 Å². The lowest BCUT2D eigenvalue weighted by molar-refractivity contribution is -0.283. The second kappa shape index (κ2) is 37.1. The van der Waals surface area contributed by atoms with Crippen molar-refractivity contribution in [2.45, 2.75) is 386 Å². The molecule has 0 aliphatic carbocycles. The molecule has 3 aromatic rings. The van der Waals surface area contributed by atoms with E-state index in [4.69, 9.17) is 42.6 Å². The van der Waals surface area contributed by atoms with Crippen LogP contribution in [0.5, 0.6) is 17.2 Å². The van der Waals surface area contributed by atoms with Gasteiger partial charge in [-0.25, -0.2) is 44.2 Å². The predicted molar refractivity (Wildman–Crippen MR) is 451 cm³/mol. The first-order valence-electron chi connectivity index (χ1n) is 41.2. The van der Waals surface area contributed by atoms with Crippen molar-refractivity contribution in [3.8, 4) is 17.2 Å². The zero-order chi connectivity index (χ0) is 83.1. The summed E-state index contributed by atoms with van der Waals surface area (Å²) in [4.78, 5) is 36.1. The van der Waals surface area contributed by atoms with Gasteiger partial charge in [0.2, 0.25) is 0 Å². The molecule has 6 aliphatic heterocycles. The molecule has 636 valence electrons. The van der Waals surface area contributed by atoms with E-state index in [2.05, 4.69) is 241 Å². The van der Waals surface area contributed by atoms with E-state index in [0.29, 0.717) is 43.7 Å². The number of nitrogens with one attached hydrogen (secondary N) is 6.